The fraction of sp³-hybridized carbons (Fsp3) is 0.263. The minimum absolute atomic E-state index is 0.0324. The molecule has 0 radical (unpaired) electrons. The normalized spacial score (nSPS) is 16.3. The molecule has 0 spiro atoms. The van der Waals surface area contributed by atoms with E-state index >= 15 is 0 Å². The molecule has 126 valence electrons. The number of carbonyl (C=O) groups is 1. The Labute approximate surface area is 146 Å². The van der Waals surface area contributed by atoms with Gasteiger partial charge in [0.2, 0.25) is 0 Å². The predicted molar refractivity (Wildman–Crippen MR) is 93.4 cm³/mol. The zero-order chi connectivity index (χ0) is 17.2. The second-order valence-corrected chi connectivity index (χ2v) is 6.32. The molecule has 1 heterocycles. The number of amides is 1. The van der Waals surface area contributed by atoms with Gasteiger partial charge in [0, 0.05) is 12.6 Å². The standard InChI is InChI=1S/C19H19N5O/c1-23(18-8-4-6-14-5-2-3-7-17(14)18)19(25)15-9-11-16(12-10-15)24-13-20-21-22-24/h2-3,5,7,9-13,18H,4,6,8H2,1H3/t18-/m0/s1. The van der Waals surface area contributed by atoms with Crippen LogP contribution in [0.1, 0.15) is 40.4 Å². The van der Waals surface area contributed by atoms with Crippen molar-refractivity contribution in [3.8, 4) is 5.69 Å². The smallest absolute Gasteiger partial charge is 0.254 e. The molecule has 0 unspecified atom stereocenters. The highest BCUT2D eigenvalue weighted by atomic mass is 16.2. The number of hydrogen-bond donors (Lipinski definition) is 0. The number of carbonyl (C=O) groups excluding carboxylic acids is 1. The molecular weight excluding hydrogens is 314 g/mol. The monoisotopic (exact) mass is 333 g/mol. The molecule has 0 aliphatic heterocycles. The van der Waals surface area contributed by atoms with Gasteiger partial charge < -0.3 is 4.90 Å². The maximum atomic E-state index is 12.9. The van der Waals surface area contributed by atoms with Gasteiger partial charge in [0.05, 0.1) is 11.7 Å². The molecule has 2 aromatic carbocycles. The van der Waals surface area contributed by atoms with E-state index in [1.54, 1.807) is 4.68 Å². The quantitative estimate of drug-likeness (QED) is 0.739. The molecule has 1 amide bonds. The Balaban J connectivity index is 1.57. The molecule has 1 aliphatic rings. The maximum Gasteiger partial charge on any atom is 0.254 e. The lowest BCUT2D eigenvalue weighted by molar-refractivity contribution is 0.0715. The van der Waals surface area contributed by atoms with Crippen LogP contribution in [0.15, 0.2) is 54.9 Å². The minimum atomic E-state index is 0.0324. The van der Waals surface area contributed by atoms with Gasteiger partial charge in [0.1, 0.15) is 6.33 Å². The highest BCUT2D eigenvalue weighted by Crippen LogP contribution is 2.34. The van der Waals surface area contributed by atoms with Crippen molar-refractivity contribution in [3.05, 3.63) is 71.5 Å². The molecule has 6 nitrogen and oxygen atoms in total. The first-order valence-electron chi connectivity index (χ1n) is 8.42. The second-order valence-electron chi connectivity index (χ2n) is 6.32. The molecule has 1 aromatic heterocycles. The fourth-order valence-corrected chi connectivity index (χ4v) is 3.51. The van der Waals surface area contributed by atoms with Crippen LogP contribution in [0, 0.1) is 0 Å². The van der Waals surface area contributed by atoms with Gasteiger partial charge in [-0.05, 0) is 65.1 Å². The van der Waals surface area contributed by atoms with E-state index in [2.05, 4.69) is 39.8 Å². The lowest BCUT2D eigenvalue weighted by atomic mass is 9.87. The summed E-state index contributed by atoms with van der Waals surface area (Å²) in [7, 11) is 1.89. The average Bonchev–Trinajstić information content (AvgIpc) is 3.21. The largest absolute Gasteiger partial charge is 0.335 e. The highest BCUT2D eigenvalue weighted by Gasteiger charge is 2.27. The number of hydrogen-bond acceptors (Lipinski definition) is 4. The Kier molecular flexibility index (Phi) is 4.01. The van der Waals surface area contributed by atoms with Crippen molar-refractivity contribution in [1.82, 2.24) is 25.1 Å². The molecule has 1 aliphatic carbocycles. The maximum absolute atomic E-state index is 12.9. The third-order valence-electron chi connectivity index (χ3n) is 4.85. The van der Waals surface area contributed by atoms with Crippen molar-refractivity contribution in [2.45, 2.75) is 25.3 Å². The van der Waals surface area contributed by atoms with Gasteiger partial charge in [-0.1, -0.05) is 24.3 Å². The highest BCUT2D eigenvalue weighted by molar-refractivity contribution is 5.94. The summed E-state index contributed by atoms with van der Waals surface area (Å²) in [5, 5.41) is 11.1. The second kappa shape index (κ2) is 6.47. The third kappa shape index (κ3) is 2.91. The number of tetrazole rings is 1. The summed E-state index contributed by atoms with van der Waals surface area (Å²) in [6.07, 6.45) is 4.73. The molecule has 0 saturated carbocycles. The van der Waals surface area contributed by atoms with Crippen molar-refractivity contribution in [2.24, 2.45) is 0 Å². The Morgan fingerprint density at radius 3 is 2.72 bits per heavy atom. The first kappa shape index (κ1) is 15.5. The van der Waals surface area contributed by atoms with Gasteiger partial charge in [-0.2, -0.15) is 0 Å². The van der Waals surface area contributed by atoms with Crippen LogP contribution in [0.5, 0.6) is 0 Å². The van der Waals surface area contributed by atoms with Crippen molar-refractivity contribution in [1.29, 1.82) is 0 Å². The third-order valence-corrected chi connectivity index (χ3v) is 4.85. The van der Waals surface area contributed by atoms with Crippen molar-refractivity contribution < 1.29 is 4.79 Å². The molecule has 0 fully saturated rings. The lowest BCUT2D eigenvalue weighted by Crippen LogP contribution is -2.33. The molecule has 25 heavy (non-hydrogen) atoms. The summed E-state index contributed by atoms with van der Waals surface area (Å²) in [5.41, 5.74) is 4.12. The minimum Gasteiger partial charge on any atom is -0.335 e. The summed E-state index contributed by atoms with van der Waals surface area (Å²) in [5.74, 6) is 0.0324. The molecule has 3 aromatic rings. The number of aromatic nitrogens is 4. The lowest BCUT2D eigenvalue weighted by Gasteiger charge is -2.33. The van der Waals surface area contributed by atoms with Crippen LogP contribution in [0.4, 0.5) is 0 Å². The van der Waals surface area contributed by atoms with E-state index in [1.165, 1.54) is 17.5 Å². The van der Waals surface area contributed by atoms with Gasteiger partial charge in [-0.25, -0.2) is 4.68 Å². The van der Waals surface area contributed by atoms with Gasteiger partial charge in [-0.15, -0.1) is 5.10 Å². The number of rotatable bonds is 3. The first-order chi connectivity index (χ1) is 12.2. The molecule has 0 saturated heterocycles. The van der Waals surface area contributed by atoms with E-state index in [0.717, 1.165) is 24.9 Å². The molecule has 1 atom stereocenters. The number of aryl methyl sites for hydroxylation is 1. The molecule has 0 bridgehead atoms. The molecule has 0 N–H and O–H groups in total. The average molecular weight is 333 g/mol. The van der Waals surface area contributed by atoms with Crippen LogP contribution in [-0.2, 0) is 6.42 Å². The van der Waals surface area contributed by atoms with Crippen LogP contribution in [0.2, 0.25) is 0 Å². The zero-order valence-corrected chi connectivity index (χ0v) is 14.0. The zero-order valence-electron chi connectivity index (χ0n) is 14.0. The first-order valence-corrected chi connectivity index (χ1v) is 8.42. The summed E-state index contributed by atoms with van der Waals surface area (Å²) in [6.45, 7) is 0. The van der Waals surface area contributed by atoms with Crippen molar-refractivity contribution in [2.75, 3.05) is 7.05 Å². The number of benzene rings is 2. The van der Waals surface area contributed by atoms with Crippen LogP contribution in [-0.4, -0.2) is 38.1 Å². The fourth-order valence-electron chi connectivity index (χ4n) is 3.51. The van der Waals surface area contributed by atoms with Gasteiger partial charge in [0.15, 0.2) is 0 Å². The summed E-state index contributed by atoms with van der Waals surface area (Å²) >= 11 is 0. The van der Waals surface area contributed by atoms with Gasteiger partial charge >= 0.3 is 0 Å². The Morgan fingerprint density at radius 2 is 1.96 bits per heavy atom. The van der Waals surface area contributed by atoms with Crippen LogP contribution < -0.4 is 0 Å². The molecule has 4 rings (SSSR count). The van der Waals surface area contributed by atoms with Crippen LogP contribution >= 0.6 is 0 Å². The van der Waals surface area contributed by atoms with E-state index in [-0.39, 0.29) is 11.9 Å². The number of nitrogens with zero attached hydrogens (tertiary/aromatic N) is 5. The van der Waals surface area contributed by atoms with E-state index in [0.29, 0.717) is 5.56 Å². The van der Waals surface area contributed by atoms with Crippen LogP contribution in [0.25, 0.3) is 5.69 Å². The molecule has 6 heteroatoms. The van der Waals surface area contributed by atoms with E-state index in [1.807, 2.05) is 36.2 Å². The molecular formula is C19H19N5O. The summed E-state index contributed by atoms with van der Waals surface area (Å²) in [4.78, 5) is 14.8. The van der Waals surface area contributed by atoms with Gasteiger partial charge in [0.25, 0.3) is 5.91 Å². The summed E-state index contributed by atoms with van der Waals surface area (Å²) < 4.78 is 1.56. The van der Waals surface area contributed by atoms with Crippen LogP contribution in [0.3, 0.4) is 0 Å². The predicted octanol–water partition coefficient (Wildman–Crippen LogP) is 2.81. The SMILES string of the molecule is CN(C(=O)c1ccc(-n2cnnn2)cc1)[C@H]1CCCc2ccccc21. The van der Waals surface area contributed by atoms with E-state index in [9.17, 15) is 4.79 Å². The Bertz CT molecular complexity index is 873. The topological polar surface area (TPSA) is 63.9 Å². The number of fused-ring (bicyclic) bond motifs is 1. The van der Waals surface area contributed by atoms with E-state index in [4.69, 9.17) is 0 Å². The van der Waals surface area contributed by atoms with Gasteiger partial charge in [-0.3, -0.25) is 4.79 Å². The van der Waals surface area contributed by atoms with Crippen molar-refractivity contribution in [3.63, 3.8) is 0 Å². The van der Waals surface area contributed by atoms with E-state index < -0.39 is 0 Å². The summed E-state index contributed by atoms with van der Waals surface area (Å²) in [6, 6.07) is 15.9. The Morgan fingerprint density at radius 1 is 1.16 bits per heavy atom. The Hall–Kier alpha value is -3.02. The van der Waals surface area contributed by atoms with Crippen molar-refractivity contribution >= 4 is 5.91 Å².